The number of rotatable bonds is 3. The third-order valence-electron chi connectivity index (χ3n) is 6.01. The number of hydrogen-bond donors (Lipinski definition) is 0. The highest BCUT2D eigenvalue weighted by atomic mass is 28.4. The molecule has 1 aromatic carbocycles. The van der Waals surface area contributed by atoms with Crippen LogP contribution in [-0.2, 0) is 9.22 Å². The molecule has 0 aromatic heterocycles. The van der Waals surface area contributed by atoms with Gasteiger partial charge in [0, 0.05) is 12.8 Å². The van der Waals surface area contributed by atoms with E-state index in [0.29, 0.717) is 24.1 Å². The molecule has 1 saturated heterocycles. The van der Waals surface area contributed by atoms with E-state index in [1.807, 2.05) is 0 Å². The second kappa shape index (κ2) is 5.65. The molecule has 1 spiro atoms. The van der Waals surface area contributed by atoms with Crippen LogP contribution in [0.15, 0.2) is 18.2 Å². The zero-order valence-electron chi connectivity index (χ0n) is 15.5. The topological polar surface area (TPSA) is 53.3 Å². The van der Waals surface area contributed by atoms with Crippen LogP contribution in [-0.4, -0.2) is 25.9 Å². The summed E-state index contributed by atoms with van der Waals surface area (Å²) < 4.78 is 20.3. The van der Waals surface area contributed by atoms with E-state index in [4.69, 9.17) is 4.43 Å². The maximum atomic E-state index is 13.8. The molecule has 3 rings (SSSR count). The Morgan fingerprint density at radius 3 is 2.68 bits per heavy atom. The van der Waals surface area contributed by atoms with Gasteiger partial charge in [0.1, 0.15) is 11.9 Å². The first-order valence-electron chi connectivity index (χ1n) is 8.72. The highest BCUT2D eigenvalue weighted by Crippen LogP contribution is 2.56. The summed E-state index contributed by atoms with van der Waals surface area (Å²) in [5.41, 5.74) is 0.298. The predicted molar refractivity (Wildman–Crippen MR) is 97.3 cm³/mol. The lowest BCUT2D eigenvalue weighted by molar-refractivity contribution is -0.117. The van der Waals surface area contributed by atoms with Crippen LogP contribution in [0.4, 0.5) is 10.1 Å². The van der Waals surface area contributed by atoms with Gasteiger partial charge < -0.3 is 9.33 Å². The average molecular weight is 361 g/mol. The molecule has 2 aliphatic rings. The van der Waals surface area contributed by atoms with Gasteiger partial charge in [-0.1, -0.05) is 20.8 Å². The summed E-state index contributed by atoms with van der Waals surface area (Å²) in [5, 5.41) is 9.45. The van der Waals surface area contributed by atoms with E-state index < -0.39 is 19.7 Å². The molecular weight excluding hydrogens is 335 g/mol. The summed E-state index contributed by atoms with van der Waals surface area (Å²) in [6.07, 6.45) is 1.84. The van der Waals surface area contributed by atoms with Crippen molar-refractivity contribution >= 4 is 19.9 Å². The standard InChI is InChI=1S/C19H25FN2O2Si/c1-18(2,3)25(4,5)24-16-11-19(16)9-8-17(23)22(19)15-10-14(20)7-6-13(15)12-21/h6-7,10,16H,8-9,11H2,1-5H3/t16-,19-/m0/s1. The van der Waals surface area contributed by atoms with E-state index in [-0.39, 0.29) is 17.0 Å². The van der Waals surface area contributed by atoms with Gasteiger partial charge in [0.2, 0.25) is 5.91 Å². The third kappa shape index (κ3) is 2.90. The van der Waals surface area contributed by atoms with Crippen LogP contribution in [0, 0.1) is 17.1 Å². The van der Waals surface area contributed by atoms with Crippen molar-refractivity contribution < 1.29 is 13.6 Å². The fourth-order valence-corrected chi connectivity index (χ4v) is 4.77. The number of hydrogen-bond acceptors (Lipinski definition) is 3. The number of halogens is 1. The van der Waals surface area contributed by atoms with Crippen molar-refractivity contribution in [3.8, 4) is 6.07 Å². The van der Waals surface area contributed by atoms with E-state index in [1.54, 1.807) is 4.90 Å². The Morgan fingerprint density at radius 1 is 1.40 bits per heavy atom. The fourth-order valence-electron chi connectivity index (χ4n) is 3.40. The van der Waals surface area contributed by atoms with Crippen molar-refractivity contribution in [2.24, 2.45) is 0 Å². The lowest BCUT2D eigenvalue weighted by Gasteiger charge is -2.37. The second-order valence-corrected chi connectivity index (χ2v) is 13.4. The summed E-state index contributed by atoms with van der Waals surface area (Å²) in [6, 6.07) is 6.07. The Hall–Kier alpha value is -1.71. The molecule has 0 radical (unpaired) electrons. The molecule has 1 aromatic rings. The number of nitrogens with zero attached hydrogens (tertiary/aromatic N) is 2. The van der Waals surface area contributed by atoms with Crippen LogP contribution < -0.4 is 4.90 Å². The maximum Gasteiger partial charge on any atom is 0.227 e. The first-order valence-corrected chi connectivity index (χ1v) is 11.6. The van der Waals surface area contributed by atoms with Crippen LogP contribution in [0.25, 0.3) is 0 Å². The largest absolute Gasteiger partial charge is 0.411 e. The number of carbonyl (C=O) groups is 1. The summed E-state index contributed by atoms with van der Waals surface area (Å²) >= 11 is 0. The van der Waals surface area contributed by atoms with Crippen LogP contribution in [0.2, 0.25) is 18.1 Å². The number of amides is 1. The lowest BCUT2D eigenvalue weighted by atomic mass is 10.1. The number of benzene rings is 1. The van der Waals surface area contributed by atoms with E-state index in [0.717, 1.165) is 6.42 Å². The number of carbonyl (C=O) groups excluding carboxylic acids is 1. The van der Waals surface area contributed by atoms with Gasteiger partial charge in [0.05, 0.1) is 22.9 Å². The van der Waals surface area contributed by atoms with Crippen LogP contribution in [0.5, 0.6) is 0 Å². The number of nitriles is 1. The van der Waals surface area contributed by atoms with Crippen molar-refractivity contribution in [3.63, 3.8) is 0 Å². The molecule has 1 heterocycles. The second-order valence-electron chi connectivity index (χ2n) is 8.68. The Morgan fingerprint density at radius 2 is 2.08 bits per heavy atom. The zero-order valence-corrected chi connectivity index (χ0v) is 16.5. The minimum absolute atomic E-state index is 0.0327. The van der Waals surface area contributed by atoms with Crippen LogP contribution >= 0.6 is 0 Å². The minimum atomic E-state index is -1.96. The van der Waals surface area contributed by atoms with E-state index in [9.17, 15) is 14.4 Å². The SMILES string of the molecule is CC(C)(C)[Si](C)(C)O[C@H]1C[C@@]12CCC(=O)N2c1cc(F)ccc1C#N. The zero-order chi connectivity index (χ0) is 18.6. The normalized spacial score (nSPS) is 26.2. The summed E-state index contributed by atoms with van der Waals surface area (Å²) in [6.45, 7) is 11.0. The van der Waals surface area contributed by atoms with Gasteiger partial charge >= 0.3 is 0 Å². The Kier molecular flexibility index (Phi) is 4.09. The van der Waals surface area contributed by atoms with Crippen molar-refractivity contribution in [3.05, 3.63) is 29.6 Å². The van der Waals surface area contributed by atoms with Gasteiger partial charge in [-0.05, 0) is 42.8 Å². The third-order valence-corrected chi connectivity index (χ3v) is 10.5. The van der Waals surface area contributed by atoms with Crippen LogP contribution in [0.3, 0.4) is 0 Å². The van der Waals surface area contributed by atoms with Gasteiger partial charge in [0.15, 0.2) is 8.32 Å². The molecule has 6 heteroatoms. The molecule has 0 N–H and O–H groups in total. The quantitative estimate of drug-likeness (QED) is 0.753. The molecule has 1 amide bonds. The molecule has 0 bridgehead atoms. The summed E-state index contributed by atoms with van der Waals surface area (Å²) in [5.74, 6) is -0.491. The predicted octanol–water partition coefficient (Wildman–Crippen LogP) is 4.36. The molecule has 25 heavy (non-hydrogen) atoms. The molecule has 4 nitrogen and oxygen atoms in total. The Balaban J connectivity index is 1.93. The van der Waals surface area contributed by atoms with E-state index >= 15 is 0 Å². The van der Waals surface area contributed by atoms with Gasteiger partial charge in [0.25, 0.3) is 0 Å². The molecule has 134 valence electrons. The monoisotopic (exact) mass is 360 g/mol. The minimum Gasteiger partial charge on any atom is -0.411 e. The van der Waals surface area contributed by atoms with Gasteiger partial charge in [-0.15, -0.1) is 0 Å². The molecule has 1 saturated carbocycles. The van der Waals surface area contributed by atoms with Crippen molar-refractivity contribution in [1.29, 1.82) is 5.26 Å². The summed E-state index contributed by atoms with van der Waals surface area (Å²) in [4.78, 5) is 14.2. The molecule has 0 unspecified atom stereocenters. The fraction of sp³-hybridized carbons (Fsp3) is 0.579. The first kappa shape index (κ1) is 18.1. The lowest BCUT2D eigenvalue weighted by Crippen LogP contribution is -2.45. The molecular formula is C19H25FN2O2Si. The smallest absolute Gasteiger partial charge is 0.227 e. The highest BCUT2D eigenvalue weighted by Gasteiger charge is 2.66. The first-order chi connectivity index (χ1) is 11.5. The highest BCUT2D eigenvalue weighted by molar-refractivity contribution is 6.74. The van der Waals surface area contributed by atoms with Crippen LogP contribution in [0.1, 0.15) is 45.6 Å². The maximum absolute atomic E-state index is 13.8. The van der Waals surface area contributed by atoms with Gasteiger partial charge in [-0.25, -0.2) is 4.39 Å². The molecule has 1 aliphatic carbocycles. The van der Waals surface area contributed by atoms with E-state index in [1.165, 1.54) is 18.2 Å². The molecule has 1 aliphatic heterocycles. The van der Waals surface area contributed by atoms with Crippen molar-refractivity contribution in [1.82, 2.24) is 0 Å². The molecule has 2 atom stereocenters. The average Bonchev–Trinajstić information content (AvgIpc) is 3.05. The summed E-state index contributed by atoms with van der Waals surface area (Å²) in [7, 11) is -1.96. The molecule has 2 fully saturated rings. The van der Waals surface area contributed by atoms with Crippen molar-refractivity contribution in [2.75, 3.05) is 4.90 Å². The number of anilines is 1. The van der Waals surface area contributed by atoms with Crippen molar-refractivity contribution in [2.45, 2.75) is 69.8 Å². The van der Waals surface area contributed by atoms with Gasteiger partial charge in [-0.3, -0.25) is 4.79 Å². The van der Waals surface area contributed by atoms with Gasteiger partial charge in [-0.2, -0.15) is 5.26 Å². The Bertz CT molecular complexity index is 766. The van der Waals surface area contributed by atoms with E-state index in [2.05, 4.69) is 39.9 Å². The Labute approximate surface area is 149 Å².